The number of benzene rings is 8. The van der Waals surface area contributed by atoms with Gasteiger partial charge in [0.1, 0.15) is 0 Å². The molecule has 0 saturated carbocycles. The predicted octanol–water partition coefficient (Wildman–Crippen LogP) is 9.09. The molecule has 0 aliphatic rings. The molecule has 8 rings (SSSR count). The summed E-state index contributed by atoms with van der Waals surface area (Å²) in [5, 5.41) is 14.0. The fourth-order valence-corrected chi connectivity index (χ4v) is 9.35. The second kappa shape index (κ2) is 8.91. The van der Waals surface area contributed by atoms with E-state index in [1.165, 1.54) is 21.5 Å². The van der Waals surface area contributed by atoms with E-state index in [0.29, 0.717) is 0 Å². The molecule has 0 amide bonds. The van der Waals surface area contributed by atoms with Gasteiger partial charge in [-0.05, 0) is 84.2 Å². The van der Waals surface area contributed by atoms with Crippen molar-refractivity contribution in [3.8, 4) is 0 Å². The lowest BCUT2D eigenvalue weighted by Crippen LogP contribution is -2.26. The van der Waals surface area contributed by atoms with Crippen LogP contribution < -0.4 is 15.9 Å². The van der Waals surface area contributed by atoms with Gasteiger partial charge in [-0.1, -0.05) is 121 Å². The van der Waals surface area contributed by atoms with Gasteiger partial charge in [0.15, 0.2) is 7.14 Å². The molecule has 0 spiro atoms. The Bertz CT molecular complexity index is 2220. The Labute approximate surface area is 232 Å². The van der Waals surface area contributed by atoms with Gasteiger partial charge in [-0.25, -0.2) is 0 Å². The molecule has 8 aromatic carbocycles. The highest BCUT2D eigenvalue weighted by molar-refractivity contribution is 7.86. The number of hydrogen-bond acceptors (Lipinski definition) is 1. The van der Waals surface area contributed by atoms with Gasteiger partial charge in [-0.3, -0.25) is 0 Å². The van der Waals surface area contributed by atoms with Crippen LogP contribution in [0.1, 0.15) is 0 Å². The molecule has 0 unspecified atom stereocenters. The first-order valence-electron chi connectivity index (χ1n) is 13.6. The van der Waals surface area contributed by atoms with Gasteiger partial charge in [-0.2, -0.15) is 0 Å². The first-order chi connectivity index (χ1) is 19.7. The molecule has 0 atom stereocenters. The van der Waals surface area contributed by atoms with Gasteiger partial charge >= 0.3 is 0 Å². The lowest BCUT2D eigenvalue weighted by atomic mass is 10.00. The highest BCUT2D eigenvalue weighted by Crippen LogP contribution is 2.47. The Morgan fingerprint density at radius 1 is 0.325 bits per heavy atom. The van der Waals surface area contributed by atoms with Crippen molar-refractivity contribution in [1.82, 2.24) is 0 Å². The SMILES string of the molecule is O=P(c1ccc2cc3cc4ccccc4cc3cc2c1)(c1cccc2ccccc12)c1cccc2ccccc12. The van der Waals surface area contributed by atoms with Crippen molar-refractivity contribution >= 4 is 76.9 Å². The molecule has 40 heavy (non-hydrogen) atoms. The van der Waals surface area contributed by atoms with Crippen molar-refractivity contribution in [1.29, 1.82) is 0 Å². The average Bonchev–Trinajstić information content (AvgIpc) is 3.01. The third-order valence-corrected chi connectivity index (χ3v) is 11.4. The van der Waals surface area contributed by atoms with E-state index in [2.05, 4.69) is 115 Å². The van der Waals surface area contributed by atoms with Crippen molar-refractivity contribution in [3.63, 3.8) is 0 Å². The van der Waals surface area contributed by atoms with Crippen LogP contribution in [0.15, 0.2) is 152 Å². The van der Waals surface area contributed by atoms with E-state index >= 15 is 4.57 Å². The summed E-state index contributed by atoms with van der Waals surface area (Å²) in [5.74, 6) is 0. The molecule has 0 saturated heterocycles. The Hall–Kier alpha value is -4.71. The smallest absolute Gasteiger partial charge is 0.172 e. The molecule has 0 radical (unpaired) electrons. The molecule has 2 heteroatoms. The van der Waals surface area contributed by atoms with E-state index in [1.807, 2.05) is 36.4 Å². The highest BCUT2D eigenvalue weighted by Gasteiger charge is 2.33. The maximum Gasteiger partial charge on any atom is 0.172 e. The third-order valence-electron chi connectivity index (χ3n) is 8.22. The zero-order valence-corrected chi connectivity index (χ0v) is 22.7. The molecule has 0 aromatic heterocycles. The topological polar surface area (TPSA) is 17.1 Å². The molecule has 0 bridgehead atoms. The lowest BCUT2D eigenvalue weighted by Gasteiger charge is -2.23. The molecule has 0 N–H and O–H groups in total. The minimum absolute atomic E-state index is 0.854. The van der Waals surface area contributed by atoms with E-state index in [9.17, 15) is 0 Å². The summed E-state index contributed by atoms with van der Waals surface area (Å²) < 4.78 is 15.9. The molecule has 188 valence electrons. The monoisotopic (exact) mass is 528 g/mol. The Morgan fingerprint density at radius 2 is 0.725 bits per heavy atom. The zero-order chi connectivity index (χ0) is 26.7. The molecule has 0 heterocycles. The molecule has 0 aliphatic carbocycles. The summed E-state index contributed by atoms with van der Waals surface area (Å²) in [4.78, 5) is 0. The summed E-state index contributed by atoms with van der Waals surface area (Å²) in [5.41, 5.74) is 0. The van der Waals surface area contributed by atoms with E-state index in [-0.39, 0.29) is 0 Å². The van der Waals surface area contributed by atoms with Crippen molar-refractivity contribution in [2.45, 2.75) is 0 Å². The first-order valence-corrected chi connectivity index (χ1v) is 15.3. The maximum atomic E-state index is 15.9. The van der Waals surface area contributed by atoms with Gasteiger partial charge in [0.2, 0.25) is 0 Å². The Kier molecular flexibility index (Phi) is 5.17. The lowest BCUT2D eigenvalue weighted by molar-refractivity contribution is 0.593. The van der Waals surface area contributed by atoms with Crippen LogP contribution in [-0.4, -0.2) is 0 Å². The molecule has 8 aromatic rings. The molecule has 0 aliphatic heterocycles. The minimum Gasteiger partial charge on any atom is -0.309 e. The fraction of sp³-hybridized carbons (Fsp3) is 0. The summed E-state index contributed by atoms with van der Waals surface area (Å²) in [6.45, 7) is 0. The van der Waals surface area contributed by atoms with E-state index < -0.39 is 7.14 Å². The molecule has 1 nitrogen and oxygen atoms in total. The van der Waals surface area contributed by atoms with Crippen LogP contribution in [0, 0.1) is 0 Å². The van der Waals surface area contributed by atoms with Crippen LogP contribution in [0.4, 0.5) is 0 Å². The number of hydrogen-bond donors (Lipinski definition) is 0. The van der Waals surface area contributed by atoms with Gasteiger partial charge in [-0.15, -0.1) is 0 Å². The van der Waals surface area contributed by atoms with E-state index in [4.69, 9.17) is 0 Å². The van der Waals surface area contributed by atoms with Crippen molar-refractivity contribution in [2.75, 3.05) is 0 Å². The number of fused-ring (bicyclic) bond motifs is 5. The van der Waals surface area contributed by atoms with Crippen molar-refractivity contribution in [3.05, 3.63) is 152 Å². The predicted molar refractivity (Wildman–Crippen MR) is 173 cm³/mol. The van der Waals surface area contributed by atoms with Gasteiger partial charge in [0.25, 0.3) is 0 Å². The fourth-order valence-electron chi connectivity index (χ4n) is 6.25. The third kappa shape index (κ3) is 3.52. The second-order valence-corrected chi connectivity index (χ2v) is 13.2. The quantitative estimate of drug-likeness (QED) is 0.165. The molecule has 0 fully saturated rings. The minimum atomic E-state index is -3.27. The average molecular weight is 529 g/mol. The maximum absolute atomic E-state index is 15.9. The normalized spacial score (nSPS) is 12.1. The first kappa shape index (κ1) is 23.2. The van der Waals surface area contributed by atoms with Crippen LogP contribution in [0.2, 0.25) is 0 Å². The van der Waals surface area contributed by atoms with Crippen LogP contribution in [0.3, 0.4) is 0 Å². The standard InChI is InChI=1S/C38H25OP/c39-40(37-17-7-13-26-9-3-5-15-35(26)37,38-18-8-14-27-10-4-6-16-36(27)38)34-20-19-30-23-31-21-28-11-1-2-12-29(28)22-32(31)24-33(30)25-34/h1-25H. The second-order valence-electron chi connectivity index (χ2n) is 10.5. The highest BCUT2D eigenvalue weighted by atomic mass is 31.2. The Balaban J connectivity index is 1.45. The molecular weight excluding hydrogens is 503 g/mol. The van der Waals surface area contributed by atoms with Gasteiger partial charge in [0, 0.05) is 15.9 Å². The number of rotatable bonds is 3. The van der Waals surface area contributed by atoms with Gasteiger partial charge < -0.3 is 4.57 Å². The van der Waals surface area contributed by atoms with Crippen LogP contribution in [-0.2, 0) is 4.57 Å². The zero-order valence-electron chi connectivity index (χ0n) is 21.8. The van der Waals surface area contributed by atoms with E-state index in [0.717, 1.165) is 48.2 Å². The van der Waals surface area contributed by atoms with Crippen LogP contribution in [0.25, 0.3) is 53.9 Å². The summed E-state index contributed by atoms with van der Waals surface area (Å²) in [6.07, 6.45) is 0. The van der Waals surface area contributed by atoms with Crippen LogP contribution >= 0.6 is 7.14 Å². The summed E-state index contributed by atoms with van der Waals surface area (Å²) in [6, 6.07) is 52.8. The molecular formula is C38H25OP. The van der Waals surface area contributed by atoms with Crippen molar-refractivity contribution in [2.24, 2.45) is 0 Å². The van der Waals surface area contributed by atoms with Crippen molar-refractivity contribution < 1.29 is 4.57 Å². The van der Waals surface area contributed by atoms with Gasteiger partial charge in [0.05, 0.1) is 0 Å². The summed E-state index contributed by atoms with van der Waals surface area (Å²) in [7, 11) is -3.27. The van der Waals surface area contributed by atoms with Crippen LogP contribution in [0.5, 0.6) is 0 Å². The Morgan fingerprint density at radius 3 is 1.27 bits per heavy atom. The summed E-state index contributed by atoms with van der Waals surface area (Å²) >= 11 is 0. The van der Waals surface area contributed by atoms with E-state index in [1.54, 1.807) is 0 Å². The largest absolute Gasteiger partial charge is 0.309 e.